The van der Waals surface area contributed by atoms with E-state index in [1.54, 1.807) is 32.4 Å². The number of guanidine groups is 1. The number of nitrogens with one attached hydrogen (secondary N) is 1. The molecule has 0 radical (unpaired) electrons. The van der Waals surface area contributed by atoms with E-state index in [-0.39, 0.29) is 11.9 Å². The quantitative estimate of drug-likeness (QED) is 0.612. The van der Waals surface area contributed by atoms with Crippen LogP contribution in [-0.2, 0) is 4.79 Å². The third kappa shape index (κ3) is 5.04. The summed E-state index contributed by atoms with van der Waals surface area (Å²) in [5.41, 5.74) is 6.57. The first kappa shape index (κ1) is 17.9. The molecule has 1 heterocycles. The van der Waals surface area contributed by atoms with Crippen molar-refractivity contribution in [2.24, 2.45) is 10.7 Å². The third-order valence-corrected chi connectivity index (χ3v) is 3.99. The number of methoxy groups -OCH3 is 2. The van der Waals surface area contributed by atoms with Gasteiger partial charge in [0.1, 0.15) is 11.5 Å². The zero-order valence-corrected chi connectivity index (χ0v) is 14.4. The van der Waals surface area contributed by atoms with Crippen molar-refractivity contribution in [2.75, 3.05) is 39.2 Å². The van der Waals surface area contributed by atoms with E-state index in [1.807, 2.05) is 4.90 Å². The van der Waals surface area contributed by atoms with E-state index in [1.165, 1.54) is 6.42 Å². The standard InChI is InChI=1S/C17H26N4O3/c1-23-13-6-7-15(24-2)14(12-13)20-17(18)19-9-8-16(22)21-10-4-3-5-11-21/h6-7,12H,3-5,8-11H2,1-2H3,(H3,18,19,20). The maximum atomic E-state index is 12.1. The summed E-state index contributed by atoms with van der Waals surface area (Å²) in [7, 11) is 3.17. The minimum atomic E-state index is 0.144. The van der Waals surface area contributed by atoms with E-state index in [9.17, 15) is 4.79 Å². The Hall–Kier alpha value is -2.44. The van der Waals surface area contributed by atoms with Crippen molar-refractivity contribution in [2.45, 2.75) is 25.7 Å². The van der Waals surface area contributed by atoms with Crippen molar-refractivity contribution in [3.05, 3.63) is 18.2 Å². The zero-order valence-electron chi connectivity index (χ0n) is 14.4. The van der Waals surface area contributed by atoms with Crippen molar-refractivity contribution in [1.82, 2.24) is 4.90 Å². The molecule has 0 spiro atoms. The van der Waals surface area contributed by atoms with E-state index < -0.39 is 0 Å². The maximum absolute atomic E-state index is 12.1. The highest BCUT2D eigenvalue weighted by molar-refractivity contribution is 5.94. The Balaban J connectivity index is 1.88. The van der Waals surface area contributed by atoms with Gasteiger partial charge in [0.25, 0.3) is 0 Å². The molecule has 1 aliphatic rings. The first-order chi connectivity index (χ1) is 11.6. The molecule has 1 saturated heterocycles. The molecule has 1 fully saturated rings. The van der Waals surface area contributed by atoms with Crippen LogP contribution in [0.5, 0.6) is 11.5 Å². The van der Waals surface area contributed by atoms with Crippen LogP contribution in [0.15, 0.2) is 23.2 Å². The summed E-state index contributed by atoms with van der Waals surface area (Å²) in [5, 5.41) is 2.99. The van der Waals surface area contributed by atoms with Crippen molar-refractivity contribution in [3.8, 4) is 11.5 Å². The minimum absolute atomic E-state index is 0.144. The molecule has 7 nitrogen and oxygen atoms in total. The molecule has 0 aliphatic carbocycles. The van der Waals surface area contributed by atoms with Crippen LogP contribution in [0.25, 0.3) is 0 Å². The average Bonchev–Trinajstić information content (AvgIpc) is 2.62. The molecular weight excluding hydrogens is 308 g/mol. The predicted octanol–water partition coefficient (Wildman–Crippen LogP) is 1.83. The summed E-state index contributed by atoms with van der Waals surface area (Å²) in [6.45, 7) is 2.08. The molecule has 1 aromatic carbocycles. The van der Waals surface area contributed by atoms with Gasteiger partial charge in [-0.05, 0) is 31.4 Å². The lowest BCUT2D eigenvalue weighted by Gasteiger charge is -2.26. The van der Waals surface area contributed by atoms with Crippen molar-refractivity contribution in [1.29, 1.82) is 0 Å². The first-order valence-electron chi connectivity index (χ1n) is 8.21. The lowest BCUT2D eigenvalue weighted by Crippen LogP contribution is -2.36. The summed E-state index contributed by atoms with van der Waals surface area (Å²) in [4.78, 5) is 18.2. The van der Waals surface area contributed by atoms with E-state index in [0.29, 0.717) is 30.2 Å². The van der Waals surface area contributed by atoms with E-state index in [0.717, 1.165) is 25.9 Å². The van der Waals surface area contributed by atoms with Crippen LogP contribution in [-0.4, -0.2) is 50.6 Å². The van der Waals surface area contributed by atoms with E-state index in [2.05, 4.69) is 10.3 Å². The lowest BCUT2D eigenvalue weighted by molar-refractivity contribution is -0.131. The van der Waals surface area contributed by atoms with E-state index in [4.69, 9.17) is 15.2 Å². The van der Waals surface area contributed by atoms with Gasteiger partial charge in [0, 0.05) is 25.6 Å². The number of hydrogen-bond donors (Lipinski definition) is 2. The van der Waals surface area contributed by atoms with Crippen LogP contribution >= 0.6 is 0 Å². The molecule has 132 valence electrons. The molecule has 3 N–H and O–H groups in total. The second kappa shape index (κ2) is 9.00. The number of rotatable bonds is 6. The summed E-state index contributed by atoms with van der Waals surface area (Å²) in [6.07, 6.45) is 3.77. The smallest absolute Gasteiger partial charge is 0.224 e. The van der Waals surface area contributed by atoms with Gasteiger partial charge in [-0.2, -0.15) is 0 Å². The molecule has 24 heavy (non-hydrogen) atoms. The second-order valence-electron chi connectivity index (χ2n) is 5.65. The number of aliphatic imine (C=N–C) groups is 1. The highest BCUT2D eigenvalue weighted by atomic mass is 16.5. The van der Waals surface area contributed by atoms with Crippen molar-refractivity contribution >= 4 is 17.6 Å². The van der Waals surface area contributed by atoms with Crippen LogP contribution in [0, 0.1) is 0 Å². The highest BCUT2D eigenvalue weighted by Gasteiger charge is 2.15. The molecule has 0 atom stereocenters. The SMILES string of the molecule is COc1ccc(OC)c(NC(N)=NCCC(=O)N2CCCCC2)c1. The number of amides is 1. The number of piperidine rings is 1. The zero-order chi connectivity index (χ0) is 17.4. The topological polar surface area (TPSA) is 89.2 Å². The number of anilines is 1. The third-order valence-electron chi connectivity index (χ3n) is 3.99. The highest BCUT2D eigenvalue weighted by Crippen LogP contribution is 2.28. The number of likely N-dealkylation sites (tertiary alicyclic amines) is 1. The van der Waals surface area contributed by atoms with Crippen molar-refractivity contribution < 1.29 is 14.3 Å². The predicted molar refractivity (Wildman–Crippen MR) is 94.7 cm³/mol. The van der Waals surface area contributed by atoms with Gasteiger partial charge in [0.15, 0.2) is 5.96 Å². The number of hydrogen-bond acceptors (Lipinski definition) is 4. The molecule has 1 amide bonds. The Morgan fingerprint density at radius 3 is 2.67 bits per heavy atom. The Kier molecular flexibility index (Phi) is 6.72. The molecule has 1 aliphatic heterocycles. The molecule has 1 aromatic rings. The van der Waals surface area contributed by atoms with Crippen LogP contribution in [0.1, 0.15) is 25.7 Å². The van der Waals surface area contributed by atoms with Crippen LogP contribution < -0.4 is 20.5 Å². The van der Waals surface area contributed by atoms with Gasteiger partial charge < -0.3 is 25.4 Å². The number of nitrogens with zero attached hydrogens (tertiary/aromatic N) is 2. The normalized spacial score (nSPS) is 15.1. The monoisotopic (exact) mass is 334 g/mol. The van der Waals surface area contributed by atoms with Gasteiger partial charge in [0.2, 0.25) is 5.91 Å². The van der Waals surface area contributed by atoms with Gasteiger partial charge in [-0.3, -0.25) is 9.79 Å². The fourth-order valence-electron chi connectivity index (χ4n) is 2.66. The Bertz CT molecular complexity index is 583. The first-order valence-corrected chi connectivity index (χ1v) is 8.21. The largest absolute Gasteiger partial charge is 0.497 e. The van der Waals surface area contributed by atoms with Crippen molar-refractivity contribution in [3.63, 3.8) is 0 Å². The fraction of sp³-hybridized carbons (Fsp3) is 0.529. The maximum Gasteiger partial charge on any atom is 0.224 e. The molecule has 0 bridgehead atoms. The number of ether oxygens (including phenoxy) is 2. The molecule has 2 rings (SSSR count). The average molecular weight is 334 g/mol. The van der Waals surface area contributed by atoms with Crippen LogP contribution in [0.4, 0.5) is 5.69 Å². The fourth-order valence-corrected chi connectivity index (χ4v) is 2.66. The molecule has 0 saturated carbocycles. The summed E-state index contributed by atoms with van der Waals surface area (Å²) < 4.78 is 10.5. The number of benzene rings is 1. The number of carbonyl (C=O) groups excluding carboxylic acids is 1. The molecular formula is C17H26N4O3. The molecule has 0 unspecified atom stereocenters. The van der Waals surface area contributed by atoms with Gasteiger partial charge >= 0.3 is 0 Å². The number of carbonyl (C=O) groups is 1. The van der Waals surface area contributed by atoms with Gasteiger partial charge in [0.05, 0.1) is 26.5 Å². The van der Waals surface area contributed by atoms with E-state index >= 15 is 0 Å². The lowest BCUT2D eigenvalue weighted by atomic mass is 10.1. The summed E-state index contributed by atoms with van der Waals surface area (Å²) in [6, 6.07) is 5.36. The van der Waals surface area contributed by atoms with Crippen LogP contribution in [0.2, 0.25) is 0 Å². The van der Waals surface area contributed by atoms with Gasteiger partial charge in [-0.15, -0.1) is 0 Å². The Morgan fingerprint density at radius 1 is 1.25 bits per heavy atom. The molecule has 0 aromatic heterocycles. The number of nitrogens with two attached hydrogens (primary N) is 1. The Morgan fingerprint density at radius 2 is 2.00 bits per heavy atom. The summed E-state index contributed by atoms with van der Waals surface area (Å²) in [5.74, 6) is 1.71. The molecule has 7 heteroatoms. The minimum Gasteiger partial charge on any atom is -0.497 e. The van der Waals surface area contributed by atoms with Gasteiger partial charge in [-0.25, -0.2) is 0 Å². The summed E-state index contributed by atoms with van der Waals surface area (Å²) >= 11 is 0. The van der Waals surface area contributed by atoms with Gasteiger partial charge in [-0.1, -0.05) is 0 Å². The second-order valence-corrected chi connectivity index (χ2v) is 5.65. The Labute approximate surface area is 142 Å². The van der Waals surface area contributed by atoms with Crippen LogP contribution in [0.3, 0.4) is 0 Å².